The molecule has 0 saturated carbocycles. The lowest BCUT2D eigenvalue weighted by molar-refractivity contribution is -0.137. The van der Waals surface area contributed by atoms with Gasteiger partial charge in [0.1, 0.15) is 6.04 Å². The van der Waals surface area contributed by atoms with Crippen LogP contribution in [-0.4, -0.2) is 75.9 Å². The first-order chi connectivity index (χ1) is 16.3. The Hall–Kier alpha value is -4.06. The predicted molar refractivity (Wildman–Crippen MR) is 121 cm³/mol. The minimum absolute atomic E-state index is 0.0241. The maximum absolute atomic E-state index is 12.9. The number of carbonyl (C=O) groups is 4. The van der Waals surface area contributed by atoms with E-state index in [0.717, 1.165) is 26.2 Å². The second kappa shape index (κ2) is 9.83. The quantitative estimate of drug-likeness (QED) is 0.411. The van der Waals surface area contributed by atoms with Crippen molar-refractivity contribution in [1.82, 2.24) is 20.2 Å². The number of aromatic nitrogens is 2. The van der Waals surface area contributed by atoms with Gasteiger partial charge in [-0.1, -0.05) is 6.07 Å². The van der Waals surface area contributed by atoms with E-state index in [4.69, 9.17) is 10.8 Å². The Balaban J connectivity index is 1.49. The van der Waals surface area contributed by atoms with E-state index >= 15 is 0 Å². The predicted octanol–water partition coefficient (Wildman–Crippen LogP) is -0.187. The van der Waals surface area contributed by atoms with Gasteiger partial charge >= 0.3 is 5.97 Å². The second-order valence-electron chi connectivity index (χ2n) is 8.08. The number of hydrogen-bond donors (Lipinski definition) is 4. The number of amides is 3. The second-order valence-corrected chi connectivity index (χ2v) is 8.08. The molecular formula is C22H25N7O5. The standard InChI is InChI=1S/C22H25N7O5/c23-19(32)17(4-5-18(30)31)29-12-15-14(21(29)34)2-1-3-16(15)27-20(33)13-10-25-22(26-11-13)28-8-6-24-7-9-28/h1-3,10-11,17,24H,4-9,12H2,(H2,23,32)(H,27,33)(H,30,31). The van der Waals surface area contributed by atoms with Crippen LogP contribution in [0.25, 0.3) is 0 Å². The van der Waals surface area contributed by atoms with E-state index < -0.39 is 29.7 Å². The molecule has 1 saturated heterocycles. The fourth-order valence-corrected chi connectivity index (χ4v) is 4.10. The number of hydrogen-bond acceptors (Lipinski definition) is 8. The summed E-state index contributed by atoms with van der Waals surface area (Å²) in [6.07, 6.45) is 2.51. The summed E-state index contributed by atoms with van der Waals surface area (Å²) < 4.78 is 0. The third kappa shape index (κ3) is 4.81. The third-order valence-electron chi connectivity index (χ3n) is 5.88. The van der Waals surface area contributed by atoms with Crippen molar-refractivity contribution in [3.05, 3.63) is 47.3 Å². The molecule has 178 valence electrons. The van der Waals surface area contributed by atoms with Crippen LogP contribution in [0.5, 0.6) is 0 Å². The van der Waals surface area contributed by atoms with Crippen molar-refractivity contribution < 1.29 is 24.3 Å². The van der Waals surface area contributed by atoms with Crippen molar-refractivity contribution in [3.8, 4) is 0 Å². The fraction of sp³-hybridized carbons (Fsp3) is 0.364. The molecule has 2 aliphatic heterocycles. The van der Waals surface area contributed by atoms with Gasteiger partial charge in [-0.25, -0.2) is 9.97 Å². The van der Waals surface area contributed by atoms with Crippen LogP contribution < -0.4 is 21.3 Å². The topological polar surface area (TPSA) is 171 Å². The number of piperazine rings is 1. The Bertz CT molecular complexity index is 1120. The van der Waals surface area contributed by atoms with Gasteiger partial charge in [0.15, 0.2) is 0 Å². The summed E-state index contributed by atoms with van der Waals surface area (Å²) in [6.45, 7) is 3.27. The van der Waals surface area contributed by atoms with E-state index in [0.29, 0.717) is 22.8 Å². The van der Waals surface area contributed by atoms with Crippen molar-refractivity contribution in [2.75, 3.05) is 36.4 Å². The number of anilines is 2. The Labute approximate surface area is 195 Å². The van der Waals surface area contributed by atoms with Crippen LogP contribution in [0.3, 0.4) is 0 Å². The lowest BCUT2D eigenvalue weighted by atomic mass is 10.1. The number of fused-ring (bicyclic) bond motifs is 1. The lowest BCUT2D eigenvalue weighted by Gasteiger charge is -2.27. The summed E-state index contributed by atoms with van der Waals surface area (Å²) in [4.78, 5) is 60.5. The number of nitrogens with two attached hydrogens (primary N) is 1. The highest BCUT2D eigenvalue weighted by atomic mass is 16.4. The Kier molecular flexibility index (Phi) is 6.68. The molecule has 1 atom stereocenters. The van der Waals surface area contributed by atoms with E-state index in [2.05, 4.69) is 20.6 Å². The lowest BCUT2D eigenvalue weighted by Crippen LogP contribution is -2.45. The molecule has 12 nitrogen and oxygen atoms in total. The number of rotatable bonds is 8. The highest BCUT2D eigenvalue weighted by Crippen LogP contribution is 2.32. The molecule has 2 aliphatic rings. The van der Waals surface area contributed by atoms with E-state index in [1.54, 1.807) is 18.2 Å². The summed E-state index contributed by atoms with van der Waals surface area (Å²) in [5, 5.41) is 15.0. The van der Waals surface area contributed by atoms with Crippen LogP contribution >= 0.6 is 0 Å². The molecule has 0 bridgehead atoms. The van der Waals surface area contributed by atoms with Crippen LogP contribution in [0.4, 0.5) is 11.6 Å². The van der Waals surface area contributed by atoms with Crippen molar-refractivity contribution >= 4 is 35.3 Å². The maximum atomic E-state index is 12.9. The number of primary amides is 1. The summed E-state index contributed by atoms with van der Waals surface area (Å²) >= 11 is 0. The molecule has 0 radical (unpaired) electrons. The van der Waals surface area contributed by atoms with Crippen LogP contribution in [0, 0.1) is 0 Å². The van der Waals surface area contributed by atoms with Gasteiger partial charge in [-0.2, -0.15) is 0 Å². The molecule has 5 N–H and O–H groups in total. The number of aliphatic carboxylic acids is 1. The minimum Gasteiger partial charge on any atom is -0.481 e. The van der Waals surface area contributed by atoms with Gasteiger partial charge in [0, 0.05) is 68.4 Å². The molecule has 0 spiro atoms. The van der Waals surface area contributed by atoms with Crippen LogP contribution in [0.2, 0.25) is 0 Å². The van der Waals surface area contributed by atoms with E-state index in [-0.39, 0.29) is 24.9 Å². The first-order valence-electron chi connectivity index (χ1n) is 10.9. The SMILES string of the molecule is NC(=O)C(CCC(=O)O)N1Cc2c(NC(=O)c3cnc(N4CCNCC4)nc3)cccc2C1=O. The number of carboxylic acid groups (broad SMARTS) is 1. The third-order valence-corrected chi connectivity index (χ3v) is 5.88. The van der Waals surface area contributed by atoms with Gasteiger partial charge in [0.25, 0.3) is 11.8 Å². The summed E-state index contributed by atoms with van der Waals surface area (Å²) in [7, 11) is 0. The molecule has 12 heteroatoms. The van der Waals surface area contributed by atoms with Gasteiger partial charge in [0.05, 0.1) is 5.56 Å². The number of nitrogens with one attached hydrogen (secondary N) is 2. The molecule has 1 aromatic carbocycles. The van der Waals surface area contributed by atoms with Crippen LogP contribution in [0.15, 0.2) is 30.6 Å². The largest absolute Gasteiger partial charge is 0.481 e. The molecular weight excluding hydrogens is 442 g/mol. The summed E-state index contributed by atoms with van der Waals surface area (Å²) in [6, 6.07) is 3.80. The molecule has 1 aromatic heterocycles. The molecule has 3 heterocycles. The molecule has 1 unspecified atom stereocenters. The maximum Gasteiger partial charge on any atom is 0.303 e. The zero-order valence-electron chi connectivity index (χ0n) is 18.4. The number of benzene rings is 1. The minimum atomic E-state index is -1.09. The van der Waals surface area contributed by atoms with Crippen LogP contribution in [0.1, 0.15) is 39.1 Å². The molecule has 1 fully saturated rings. The summed E-state index contributed by atoms with van der Waals surface area (Å²) in [5.41, 5.74) is 6.96. The van der Waals surface area contributed by atoms with Crippen molar-refractivity contribution in [2.24, 2.45) is 5.73 Å². The van der Waals surface area contributed by atoms with E-state index in [1.165, 1.54) is 17.3 Å². The number of nitrogens with zero attached hydrogens (tertiary/aromatic N) is 4. The Morgan fingerprint density at radius 2 is 1.88 bits per heavy atom. The van der Waals surface area contributed by atoms with Gasteiger partial charge in [-0.15, -0.1) is 0 Å². The monoisotopic (exact) mass is 467 g/mol. The van der Waals surface area contributed by atoms with Gasteiger partial charge in [0.2, 0.25) is 11.9 Å². The normalized spacial score (nSPS) is 16.2. The molecule has 0 aliphatic carbocycles. The van der Waals surface area contributed by atoms with Gasteiger partial charge in [-0.3, -0.25) is 19.2 Å². The van der Waals surface area contributed by atoms with Crippen molar-refractivity contribution in [2.45, 2.75) is 25.4 Å². The van der Waals surface area contributed by atoms with E-state index in [9.17, 15) is 19.2 Å². The smallest absolute Gasteiger partial charge is 0.303 e. The van der Waals surface area contributed by atoms with Crippen LogP contribution in [-0.2, 0) is 16.1 Å². The Morgan fingerprint density at radius 1 is 1.18 bits per heavy atom. The van der Waals surface area contributed by atoms with Crippen molar-refractivity contribution in [1.29, 1.82) is 0 Å². The van der Waals surface area contributed by atoms with Gasteiger partial charge < -0.3 is 31.3 Å². The molecule has 4 rings (SSSR count). The number of carboxylic acids is 1. The molecule has 3 amide bonds. The molecule has 34 heavy (non-hydrogen) atoms. The van der Waals surface area contributed by atoms with E-state index in [1.807, 2.05) is 4.90 Å². The highest BCUT2D eigenvalue weighted by molar-refractivity contribution is 6.07. The van der Waals surface area contributed by atoms with Gasteiger partial charge in [-0.05, 0) is 18.6 Å². The zero-order chi connectivity index (χ0) is 24.2. The first kappa shape index (κ1) is 23.1. The fourth-order valence-electron chi connectivity index (χ4n) is 4.10. The Morgan fingerprint density at radius 3 is 2.53 bits per heavy atom. The summed E-state index contributed by atoms with van der Waals surface area (Å²) in [5.74, 6) is -2.20. The van der Waals surface area contributed by atoms with Crippen molar-refractivity contribution in [3.63, 3.8) is 0 Å². The average molecular weight is 467 g/mol. The average Bonchev–Trinajstić information content (AvgIpc) is 3.16. The number of carbonyl (C=O) groups excluding carboxylic acids is 3. The zero-order valence-corrected chi connectivity index (χ0v) is 18.4. The highest BCUT2D eigenvalue weighted by Gasteiger charge is 2.37. The molecule has 2 aromatic rings. The first-order valence-corrected chi connectivity index (χ1v) is 10.9.